The molecule has 1 aliphatic heterocycles. The third-order valence-electron chi connectivity index (χ3n) is 4.37. The third kappa shape index (κ3) is 3.43. The van der Waals surface area contributed by atoms with Gasteiger partial charge >= 0.3 is 0 Å². The van der Waals surface area contributed by atoms with Crippen LogP contribution >= 0.6 is 11.6 Å². The number of benzene rings is 2. The number of rotatable bonds is 3. The predicted octanol–water partition coefficient (Wildman–Crippen LogP) is 3.94. The van der Waals surface area contributed by atoms with E-state index in [-0.39, 0.29) is 11.3 Å². The van der Waals surface area contributed by atoms with E-state index in [1.807, 2.05) is 30.3 Å². The molecule has 3 rings (SSSR count). The fourth-order valence-corrected chi connectivity index (χ4v) is 3.45. The van der Waals surface area contributed by atoms with Crippen LogP contribution in [0, 0.1) is 10.1 Å². The van der Waals surface area contributed by atoms with Crippen molar-refractivity contribution < 1.29 is 14.8 Å². The van der Waals surface area contributed by atoms with Gasteiger partial charge in [-0.1, -0.05) is 54.1 Å². The molecule has 0 aliphatic carbocycles. The summed E-state index contributed by atoms with van der Waals surface area (Å²) in [5, 5.41) is 22.9. The molecule has 2 aromatic rings. The zero-order valence-electron chi connectivity index (χ0n) is 13.1. The number of aliphatic hydroxyl groups is 1. The molecule has 4 atom stereocenters. The van der Waals surface area contributed by atoms with Crippen LogP contribution in [0.25, 0.3) is 0 Å². The molecule has 1 saturated heterocycles. The van der Waals surface area contributed by atoms with Gasteiger partial charge in [0.1, 0.15) is 0 Å². The third-order valence-corrected chi connectivity index (χ3v) is 4.62. The van der Waals surface area contributed by atoms with Crippen LogP contribution in [-0.2, 0) is 4.74 Å². The van der Waals surface area contributed by atoms with E-state index >= 15 is 0 Å². The number of hydrogen-bond acceptors (Lipinski definition) is 4. The fraction of sp³-hybridized carbons (Fsp3) is 0.333. The van der Waals surface area contributed by atoms with Crippen LogP contribution in [-0.4, -0.2) is 21.9 Å². The van der Waals surface area contributed by atoms with E-state index in [1.54, 1.807) is 31.2 Å². The van der Waals surface area contributed by atoms with E-state index < -0.39 is 23.9 Å². The maximum absolute atomic E-state index is 11.8. The molecule has 1 aliphatic rings. The molecule has 24 heavy (non-hydrogen) atoms. The monoisotopic (exact) mass is 347 g/mol. The minimum absolute atomic E-state index is 0.159. The predicted molar refractivity (Wildman–Crippen MR) is 90.5 cm³/mol. The molecule has 126 valence electrons. The van der Waals surface area contributed by atoms with Crippen molar-refractivity contribution in [2.75, 3.05) is 0 Å². The lowest BCUT2D eigenvalue weighted by Gasteiger charge is -2.41. The van der Waals surface area contributed by atoms with E-state index in [1.165, 1.54) is 0 Å². The summed E-state index contributed by atoms with van der Waals surface area (Å²) >= 11 is 5.91. The number of halogens is 1. The summed E-state index contributed by atoms with van der Waals surface area (Å²) in [7, 11) is 0. The van der Waals surface area contributed by atoms with Crippen molar-refractivity contribution in [1.29, 1.82) is 0 Å². The summed E-state index contributed by atoms with van der Waals surface area (Å²) in [6.07, 6.45) is -0.696. The Hall–Kier alpha value is -1.95. The summed E-state index contributed by atoms with van der Waals surface area (Å²) in [5.41, 5.74) is 1.45. The molecule has 2 aromatic carbocycles. The number of hydrogen-bond donors (Lipinski definition) is 1. The molecule has 0 amide bonds. The van der Waals surface area contributed by atoms with Crippen molar-refractivity contribution in [3.8, 4) is 0 Å². The molecule has 0 bridgehead atoms. The minimum atomic E-state index is -1.45. The van der Waals surface area contributed by atoms with E-state index in [9.17, 15) is 15.2 Å². The van der Waals surface area contributed by atoms with Crippen molar-refractivity contribution in [1.82, 2.24) is 0 Å². The van der Waals surface area contributed by atoms with Crippen molar-refractivity contribution in [3.05, 3.63) is 80.9 Å². The summed E-state index contributed by atoms with van der Waals surface area (Å²) < 4.78 is 5.70. The summed E-state index contributed by atoms with van der Waals surface area (Å²) in [6, 6.07) is 15.0. The molecule has 0 radical (unpaired) electrons. The topological polar surface area (TPSA) is 72.6 Å². The normalized spacial score (nSPS) is 30.0. The van der Waals surface area contributed by atoms with Crippen LogP contribution in [0.4, 0.5) is 0 Å². The van der Waals surface area contributed by atoms with Crippen LogP contribution in [0.3, 0.4) is 0 Å². The Kier molecular flexibility index (Phi) is 4.58. The maximum atomic E-state index is 11.8. The smallest absolute Gasteiger partial charge is 0.250 e. The molecule has 0 spiro atoms. The van der Waals surface area contributed by atoms with Crippen LogP contribution in [0.5, 0.6) is 0 Å². The Morgan fingerprint density at radius 1 is 1.17 bits per heavy atom. The first kappa shape index (κ1) is 16.9. The Labute approximate surface area is 145 Å². The van der Waals surface area contributed by atoms with Gasteiger partial charge in [-0.25, -0.2) is 0 Å². The maximum Gasteiger partial charge on any atom is 0.250 e. The number of nitrogens with zero attached hydrogens (tertiary/aromatic N) is 1. The summed E-state index contributed by atoms with van der Waals surface area (Å²) in [6.45, 7) is 1.54. The highest BCUT2D eigenvalue weighted by Crippen LogP contribution is 2.45. The molecule has 1 heterocycles. The Morgan fingerprint density at radius 2 is 1.79 bits per heavy atom. The fourth-order valence-electron chi connectivity index (χ4n) is 3.32. The highest BCUT2D eigenvalue weighted by atomic mass is 35.5. The summed E-state index contributed by atoms with van der Waals surface area (Å²) in [5.74, 6) is -1.90. The molecule has 6 heteroatoms. The first-order valence-corrected chi connectivity index (χ1v) is 8.09. The Morgan fingerprint density at radius 3 is 2.38 bits per heavy atom. The largest absolute Gasteiger partial charge is 0.366 e. The van der Waals surface area contributed by atoms with Gasteiger partial charge in [-0.15, -0.1) is 0 Å². The zero-order chi connectivity index (χ0) is 17.3. The zero-order valence-corrected chi connectivity index (χ0v) is 13.9. The molecule has 0 aromatic heterocycles. The first-order chi connectivity index (χ1) is 11.4. The molecular weight excluding hydrogens is 330 g/mol. The van der Waals surface area contributed by atoms with Gasteiger partial charge in [0.15, 0.2) is 11.9 Å². The lowest BCUT2D eigenvalue weighted by Crippen LogP contribution is -2.48. The molecule has 5 nitrogen and oxygen atoms in total. The Balaban J connectivity index is 2.05. The molecule has 1 N–H and O–H groups in total. The second-order valence-corrected chi connectivity index (χ2v) is 6.70. The average Bonchev–Trinajstić information content (AvgIpc) is 2.54. The van der Waals surface area contributed by atoms with E-state index in [0.29, 0.717) is 10.6 Å². The van der Waals surface area contributed by atoms with Crippen LogP contribution in [0.15, 0.2) is 54.6 Å². The van der Waals surface area contributed by atoms with Gasteiger partial charge in [0.2, 0.25) is 6.04 Å². The van der Waals surface area contributed by atoms with Crippen LogP contribution in [0.2, 0.25) is 5.02 Å². The summed E-state index contributed by atoms with van der Waals surface area (Å²) in [4.78, 5) is 11.5. The van der Waals surface area contributed by atoms with Crippen molar-refractivity contribution in [2.45, 2.75) is 37.2 Å². The van der Waals surface area contributed by atoms with Crippen molar-refractivity contribution in [2.24, 2.45) is 0 Å². The quantitative estimate of drug-likeness (QED) is 0.674. The number of nitro groups is 1. The van der Waals surface area contributed by atoms with Crippen molar-refractivity contribution in [3.63, 3.8) is 0 Å². The standard InChI is InChI=1S/C18H18ClNO4/c1-18(21)11-15(12-5-3-2-4-6-12)16(20(22)23)17(24-18)13-7-9-14(19)10-8-13/h2-10,15-17,21H,11H2,1H3. The highest BCUT2D eigenvalue weighted by Gasteiger charge is 2.51. The molecule has 4 unspecified atom stereocenters. The SMILES string of the molecule is CC1(O)CC(c2ccccc2)C([N+](=O)[O-])C(c2ccc(Cl)cc2)O1. The van der Waals surface area contributed by atoms with Gasteiger partial charge in [0.25, 0.3) is 0 Å². The van der Waals surface area contributed by atoms with Gasteiger partial charge < -0.3 is 9.84 Å². The van der Waals surface area contributed by atoms with Gasteiger partial charge in [-0.05, 0) is 30.2 Å². The first-order valence-electron chi connectivity index (χ1n) is 7.71. The van der Waals surface area contributed by atoms with Crippen molar-refractivity contribution >= 4 is 11.6 Å². The van der Waals surface area contributed by atoms with E-state index in [0.717, 1.165) is 5.56 Å². The van der Waals surface area contributed by atoms with Crippen LogP contribution < -0.4 is 0 Å². The lowest BCUT2D eigenvalue weighted by molar-refractivity contribution is -0.555. The molecule has 0 saturated carbocycles. The highest BCUT2D eigenvalue weighted by molar-refractivity contribution is 6.30. The van der Waals surface area contributed by atoms with Gasteiger partial charge in [-0.3, -0.25) is 10.1 Å². The second-order valence-electron chi connectivity index (χ2n) is 6.26. The van der Waals surface area contributed by atoms with E-state index in [4.69, 9.17) is 16.3 Å². The van der Waals surface area contributed by atoms with Crippen LogP contribution in [0.1, 0.15) is 36.5 Å². The van der Waals surface area contributed by atoms with Gasteiger partial charge in [0.05, 0.1) is 5.92 Å². The number of ether oxygens (including phenoxy) is 1. The van der Waals surface area contributed by atoms with E-state index in [2.05, 4.69) is 0 Å². The van der Waals surface area contributed by atoms with Gasteiger partial charge in [-0.2, -0.15) is 0 Å². The Bertz CT molecular complexity index is 718. The molecule has 1 fully saturated rings. The lowest BCUT2D eigenvalue weighted by atomic mass is 9.79. The molecular formula is C18H18ClNO4. The second kappa shape index (κ2) is 6.51. The average molecular weight is 348 g/mol. The van der Waals surface area contributed by atoms with Gasteiger partial charge in [0, 0.05) is 16.4 Å². The minimum Gasteiger partial charge on any atom is -0.366 e.